The summed E-state index contributed by atoms with van der Waals surface area (Å²) >= 11 is 0. The second-order valence-corrected chi connectivity index (χ2v) is 2.89. The minimum absolute atomic E-state index is 0.148. The predicted octanol–water partition coefficient (Wildman–Crippen LogP) is 0.357. The van der Waals surface area contributed by atoms with Crippen molar-refractivity contribution in [3.8, 4) is 0 Å². The van der Waals surface area contributed by atoms with Gasteiger partial charge in [-0.15, -0.1) is 0 Å². The summed E-state index contributed by atoms with van der Waals surface area (Å²) in [6.45, 7) is 0. The Morgan fingerprint density at radius 2 is 2.43 bits per heavy atom. The molecule has 14 heavy (non-hydrogen) atoms. The zero-order valence-corrected chi connectivity index (χ0v) is 7.83. The van der Waals surface area contributed by atoms with Gasteiger partial charge in [0.05, 0.1) is 17.9 Å². The molecule has 0 aliphatic rings. The summed E-state index contributed by atoms with van der Waals surface area (Å²) < 4.78 is 12.5. The van der Waals surface area contributed by atoms with E-state index in [1.54, 1.807) is 0 Å². The molecule has 1 atom stereocenters. The lowest BCUT2D eigenvalue weighted by Crippen LogP contribution is -2.24. The van der Waals surface area contributed by atoms with E-state index in [0.29, 0.717) is 5.69 Å². The normalized spacial score (nSPS) is 12.2. The number of carbonyl (C=O) groups excluding carboxylic acids is 1. The lowest BCUT2D eigenvalue weighted by Gasteiger charge is -2.09. The van der Waals surface area contributed by atoms with Crippen LogP contribution in [0.1, 0.15) is 18.2 Å². The highest BCUT2D eigenvalue weighted by Gasteiger charge is 2.11. The number of amides is 1. The zero-order chi connectivity index (χ0) is 10.6. The van der Waals surface area contributed by atoms with E-state index >= 15 is 0 Å². The first-order valence-corrected chi connectivity index (χ1v) is 4.21. The first-order chi connectivity index (χ1) is 6.63. The number of hydrogen-bond donors (Lipinski definition) is 2. The SMILES string of the molecule is CNC(=O)CC(N)c1ccc(F)cn1. The van der Waals surface area contributed by atoms with Gasteiger partial charge in [0.2, 0.25) is 5.91 Å². The third-order valence-electron chi connectivity index (χ3n) is 1.81. The molecular weight excluding hydrogens is 185 g/mol. The van der Waals surface area contributed by atoms with Crippen molar-refractivity contribution in [2.45, 2.75) is 12.5 Å². The number of carbonyl (C=O) groups is 1. The number of pyridine rings is 1. The standard InChI is InChI=1S/C9H12FN3O/c1-12-9(14)4-7(11)8-3-2-6(10)5-13-8/h2-3,5,7H,4,11H2,1H3,(H,12,14). The fourth-order valence-electron chi connectivity index (χ4n) is 1.01. The van der Waals surface area contributed by atoms with Crippen molar-refractivity contribution < 1.29 is 9.18 Å². The van der Waals surface area contributed by atoms with Crippen LogP contribution < -0.4 is 11.1 Å². The Labute approximate surface area is 81.3 Å². The van der Waals surface area contributed by atoms with Crippen LogP contribution in [-0.4, -0.2) is 17.9 Å². The van der Waals surface area contributed by atoms with Crippen molar-refractivity contribution in [3.63, 3.8) is 0 Å². The van der Waals surface area contributed by atoms with Gasteiger partial charge in [-0.25, -0.2) is 4.39 Å². The summed E-state index contributed by atoms with van der Waals surface area (Å²) in [7, 11) is 1.53. The molecule has 0 saturated heterocycles. The van der Waals surface area contributed by atoms with Crippen LogP contribution in [-0.2, 0) is 4.79 Å². The molecule has 0 bridgehead atoms. The Morgan fingerprint density at radius 1 is 1.71 bits per heavy atom. The molecule has 0 aliphatic heterocycles. The van der Waals surface area contributed by atoms with Gasteiger partial charge < -0.3 is 11.1 Å². The summed E-state index contributed by atoms with van der Waals surface area (Å²) in [5, 5.41) is 2.46. The molecule has 0 fully saturated rings. The van der Waals surface area contributed by atoms with E-state index in [9.17, 15) is 9.18 Å². The van der Waals surface area contributed by atoms with Gasteiger partial charge in [-0.05, 0) is 12.1 Å². The van der Waals surface area contributed by atoms with Crippen LogP contribution in [0.4, 0.5) is 4.39 Å². The molecule has 0 radical (unpaired) electrons. The largest absolute Gasteiger partial charge is 0.359 e. The maximum absolute atomic E-state index is 12.5. The summed E-state index contributed by atoms with van der Waals surface area (Å²) in [5.74, 6) is -0.579. The average Bonchev–Trinajstić information content (AvgIpc) is 2.18. The summed E-state index contributed by atoms with van der Waals surface area (Å²) in [6.07, 6.45) is 1.23. The molecule has 1 aromatic heterocycles. The molecule has 1 unspecified atom stereocenters. The van der Waals surface area contributed by atoms with E-state index < -0.39 is 11.9 Å². The van der Waals surface area contributed by atoms with E-state index in [2.05, 4.69) is 10.3 Å². The highest BCUT2D eigenvalue weighted by atomic mass is 19.1. The molecule has 4 nitrogen and oxygen atoms in total. The van der Waals surface area contributed by atoms with E-state index in [-0.39, 0.29) is 12.3 Å². The van der Waals surface area contributed by atoms with Crippen molar-refractivity contribution in [1.29, 1.82) is 0 Å². The summed E-state index contributed by atoms with van der Waals surface area (Å²) in [6, 6.07) is 2.25. The Kier molecular flexibility index (Phi) is 3.53. The van der Waals surface area contributed by atoms with Gasteiger partial charge in [-0.1, -0.05) is 0 Å². The lowest BCUT2D eigenvalue weighted by atomic mass is 10.1. The molecule has 1 aromatic rings. The van der Waals surface area contributed by atoms with Crippen molar-refractivity contribution in [1.82, 2.24) is 10.3 Å². The number of nitrogens with two attached hydrogens (primary N) is 1. The Morgan fingerprint density at radius 3 is 2.93 bits per heavy atom. The van der Waals surface area contributed by atoms with Crippen LogP contribution in [0.3, 0.4) is 0 Å². The molecule has 0 aromatic carbocycles. The average molecular weight is 197 g/mol. The summed E-state index contributed by atoms with van der Waals surface area (Å²) in [5.41, 5.74) is 6.19. The minimum atomic E-state index is -0.490. The fraction of sp³-hybridized carbons (Fsp3) is 0.333. The van der Waals surface area contributed by atoms with Crippen LogP contribution >= 0.6 is 0 Å². The van der Waals surface area contributed by atoms with Crippen molar-refractivity contribution in [2.75, 3.05) is 7.05 Å². The second kappa shape index (κ2) is 4.66. The molecule has 76 valence electrons. The van der Waals surface area contributed by atoms with Gasteiger partial charge in [-0.3, -0.25) is 9.78 Å². The molecule has 1 heterocycles. The number of aromatic nitrogens is 1. The van der Waals surface area contributed by atoms with E-state index in [1.165, 1.54) is 19.2 Å². The molecule has 0 aliphatic carbocycles. The van der Waals surface area contributed by atoms with Crippen molar-refractivity contribution in [3.05, 3.63) is 29.8 Å². The third-order valence-corrected chi connectivity index (χ3v) is 1.81. The van der Waals surface area contributed by atoms with Gasteiger partial charge in [0.15, 0.2) is 0 Å². The monoisotopic (exact) mass is 197 g/mol. The maximum atomic E-state index is 12.5. The zero-order valence-electron chi connectivity index (χ0n) is 7.83. The molecular formula is C9H12FN3O. The van der Waals surface area contributed by atoms with E-state index in [4.69, 9.17) is 5.73 Å². The van der Waals surface area contributed by atoms with Gasteiger partial charge in [0.1, 0.15) is 5.82 Å². The minimum Gasteiger partial charge on any atom is -0.359 e. The molecule has 5 heteroatoms. The maximum Gasteiger partial charge on any atom is 0.221 e. The topological polar surface area (TPSA) is 68.0 Å². The van der Waals surface area contributed by atoms with Gasteiger partial charge in [-0.2, -0.15) is 0 Å². The Bertz CT molecular complexity index is 312. The molecule has 0 saturated carbocycles. The van der Waals surface area contributed by atoms with Gasteiger partial charge in [0, 0.05) is 13.5 Å². The highest BCUT2D eigenvalue weighted by molar-refractivity contribution is 5.76. The second-order valence-electron chi connectivity index (χ2n) is 2.89. The fourth-order valence-corrected chi connectivity index (χ4v) is 1.01. The molecule has 1 amide bonds. The van der Waals surface area contributed by atoms with Gasteiger partial charge in [0.25, 0.3) is 0 Å². The van der Waals surface area contributed by atoms with Crippen LogP contribution in [0.5, 0.6) is 0 Å². The number of nitrogens with zero attached hydrogens (tertiary/aromatic N) is 1. The van der Waals surface area contributed by atoms with Crippen molar-refractivity contribution >= 4 is 5.91 Å². The van der Waals surface area contributed by atoms with Gasteiger partial charge >= 0.3 is 0 Å². The van der Waals surface area contributed by atoms with Crippen LogP contribution in [0.25, 0.3) is 0 Å². The van der Waals surface area contributed by atoms with E-state index in [0.717, 1.165) is 6.20 Å². The quantitative estimate of drug-likeness (QED) is 0.735. The highest BCUT2D eigenvalue weighted by Crippen LogP contribution is 2.10. The van der Waals surface area contributed by atoms with E-state index in [1.807, 2.05) is 0 Å². The molecule has 1 rings (SSSR count). The van der Waals surface area contributed by atoms with Crippen LogP contribution in [0.15, 0.2) is 18.3 Å². The predicted molar refractivity (Wildman–Crippen MR) is 49.8 cm³/mol. The van der Waals surface area contributed by atoms with Crippen LogP contribution in [0.2, 0.25) is 0 Å². The Hall–Kier alpha value is -1.49. The number of halogens is 1. The lowest BCUT2D eigenvalue weighted by molar-refractivity contribution is -0.120. The smallest absolute Gasteiger partial charge is 0.221 e. The first-order valence-electron chi connectivity index (χ1n) is 4.21. The molecule has 0 spiro atoms. The van der Waals surface area contributed by atoms with Crippen LogP contribution in [0, 0.1) is 5.82 Å². The number of rotatable bonds is 3. The summed E-state index contributed by atoms with van der Waals surface area (Å²) in [4.78, 5) is 14.8. The number of hydrogen-bond acceptors (Lipinski definition) is 3. The number of nitrogens with one attached hydrogen (secondary N) is 1. The Balaban J connectivity index is 2.65. The van der Waals surface area contributed by atoms with Crippen molar-refractivity contribution in [2.24, 2.45) is 5.73 Å². The third kappa shape index (κ3) is 2.77. The molecule has 3 N–H and O–H groups in total. The first kappa shape index (κ1) is 10.6.